The molecule has 27 heavy (non-hydrogen) atoms. The van der Waals surface area contributed by atoms with Crippen LogP contribution in [-0.2, 0) is 0 Å². The molecule has 0 bridgehead atoms. The Morgan fingerprint density at radius 2 is 1.81 bits per heavy atom. The summed E-state index contributed by atoms with van der Waals surface area (Å²) in [5.41, 5.74) is 1.24. The molecule has 1 aromatic heterocycles. The predicted octanol–water partition coefficient (Wildman–Crippen LogP) is 3.38. The van der Waals surface area contributed by atoms with Crippen molar-refractivity contribution in [3.63, 3.8) is 0 Å². The molecule has 2 heterocycles. The number of nitrogens with zero attached hydrogens (tertiary/aromatic N) is 2. The van der Waals surface area contributed by atoms with Crippen molar-refractivity contribution in [1.29, 1.82) is 0 Å². The van der Waals surface area contributed by atoms with Crippen molar-refractivity contribution in [2.45, 2.75) is 0 Å². The van der Waals surface area contributed by atoms with Crippen molar-refractivity contribution in [2.24, 2.45) is 0 Å². The number of anilines is 3. The van der Waals surface area contributed by atoms with Gasteiger partial charge in [-0.25, -0.2) is 14.4 Å². The van der Waals surface area contributed by atoms with Gasteiger partial charge in [0.1, 0.15) is 36.9 Å². The van der Waals surface area contributed by atoms with Gasteiger partial charge < -0.3 is 20.1 Å². The van der Waals surface area contributed by atoms with E-state index in [4.69, 9.17) is 9.47 Å². The Morgan fingerprint density at radius 1 is 0.963 bits per heavy atom. The first kappa shape index (κ1) is 16.8. The molecule has 0 saturated carbocycles. The van der Waals surface area contributed by atoms with E-state index in [9.17, 15) is 9.18 Å². The maximum atomic E-state index is 13.3. The molecule has 2 N–H and O–H groups in total. The number of halogens is 1. The SMILES string of the molecule is O=C(Nc1ccc2c(c1)OCCO2)c1cc(Nc2cccc(F)c2)ncn1. The number of ether oxygens (including phenoxy) is 2. The van der Waals surface area contributed by atoms with Gasteiger partial charge in [-0.2, -0.15) is 0 Å². The van der Waals surface area contributed by atoms with Gasteiger partial charge in [-0.05, 0) is 30.3 Å². The maximum absolute atomic E-state index is 13.3. The topological polar surface area (TPSA) is 85.4 Å². The van der Waals surface area contributed by atoms with E-state index in [1.165, 1.54) is 24.5 Å². The summed E-state index contributed by atoms with van der Waals surface area (Å²) in [7, 11) is 0. The lowest BCUT2D eigenvalue weighted by Crippen LogP contribution is -2.17. The molecular weight excluding hydrogens is 351 g/mol. The molecule has 0 fully saturated rings. The van der Waals surface area contributed by atoms with E-state index < -0.39 is 5.91 Å². The van der Waals surface area contributed by atoms with Crippen molar-refractivity contribution in [1.82, 2.24) is 9.97 Å². The van der Waals surface area contributed by atoms with E-state index in [-0.39, 0.29) is 11.5 Å². The second-order valence-electron chi connectivity index (χ2n) is 5.74. The molecule has 0 atom stereocenters. The first-order valence-electron chi connectivity index (χ1n) is 8.23. The molecule has 136 valence electrons. The van der Waals surface area contributed by atoms with Gasteiger partial charge in [-0.3, -0.25) is 4.79 Å². The van der Waals surface area contributed by atoms with Gasteiger partial charge in [0.2, 0.25) is 0 Å². The minimum Gasteiger partial charge on any atom is -0.486 e. The quantitative estimate of drug-likeness (QED) is 0.736. The normalized spacial score (nSPS) is 12.3. The van der Waals surface area contributed by atoms with Gasteiger partial charge in [0.05, 0.1) is 0 Å². The van der Waals surface area contributed by atoms with E-state index in [1.54, 1.807) is 30.3 Å². The lowest BCUT2D eigenvalue weighted by molar-refractivity contribution is 0.102. The van der Waals surface area contributed by atoms with Gasteiger partial charge in [0.15, 0.2) is 11.5 Å². The summed E-state index contributed by atoms with van der Waals surface area (Å²) < 4.78 is 24.2. The van der Waals surface area contributed by atoms with Crippen LogP contribution in [0.1, 0.15) is 10.5 Å². The number of hydrogen-bond donors (Lipinski definition) is 2. The second kappa shape index (κ2) is 7.28. The number of nitrogens with one attached hydrogen (secondary N) is 2. The summed E-state index contributed by atoms with van der Waals surface area (Å²) in [6, 6.07) is 12.6. The Morgan fingerprint density at radius 3 is 2.67 bits per heavy atom. The zero-order valence-corrected chi connectivity index (χ0v) is 14.1. The third kappa shape index (κ3) is 3.95. The largest absolute Gasteiger partial charge is 0.486 e. The molecule has 1 aliphatic rings. The van der Waals surface area contributed by atoms with Crippen LogP contribution in [0.15, 0.2) is 54.9 Å². The second-order valence-corrected chi connectivity index (χ2v) is 5.74. The van der Waals surface area contributed by atoms with E-state index in [2.05, 4.69) is 20.6 Å². The van der Waals surface area contributed by atoms with Crippen LogP contribution in [0.4, 0.5) is 21.6 Å². The number of carbonyl (C=O) groups excluding carboxylic acids is 1. The monoisotopic (exact) mass is 366 g/mol. The fraction of sp³-hybridized carbons (Fsp3) is 0.105. The smallest absolute Gasteiger partial charge is 0.274 e. The number of aromatic nitrogens is 2. The molecule has 0 spiro atoms. The highest BCUT2D eigenvalue weighted by molar-refractivity contribution is 6.03. The minimum atomic E-state index is -0.406. The fourth-order valence-electron chi connectivity index (χ4n) is 2.58. The van der Waals surface area contributed by atoms with Gasteiger partial charge >= 0.3 is 0 Å². The van der Waals surface area contributed by atoms with Gasteiger partial charge in [-0.1, -0.05) is 6.07 Å². The van der Waals surface area contributed by atoms with Crippen LogP contribution in [0.25, 0.3) is 0 Å². The number of fused-ring (bicyclic) bond motifs is 1. The Labute approximate surface area is 154 Å². The first-order chi connectivity index (χ1) is 13.2. The Hall–Kier alpha value is -3.68. The third-order valence-electron chi connectivity index (χ3n) is 3.80. The average Bonchev–Trinajstić information content (AvgIpc) is 2.68. The summed E-state index contributed by atoms with van der Waals surface area (Å²) in [4.78, 5) is 20.5. The van der Waals surface area contributed by atoms with Gasteiger partial charge in [0, 0.05) is 23.5 Å². The lowest BCUT2D eigenvalue weighted by atomic mass is 10.2. The predicted molar refractivity (Wildman–Crippen MR) is 97.1 cm³/mol. The summed E-state index contributed by atoms with van der Waals surface area (Å²) in [6.45, 7) is 0.964. The van der Waals surface area contributed by atoms with Crippen LogP contribution < -0.4 is 20.1 Å². The first-order valence-corrected chi connectivity index (χ1v) is 8.23. The van der Waals surface area contributed by atoms with E-state index >= 15 is 0 Å². The van der Waals surface area contributed by atoms with Gasteiger partial charge in [0.25, 0.3) is 5.91 Å². The van der Waals surface area contributed by atoms with E-state index in [0.29, 0.717) is 41.9 Å². The summed E-state index contributed by atoms with van der Waals surface area (Å²) in [6.07, 6.45) is 1.26. The molecule has 3 aromatic rings. The summed E-state index contributed by atoms with van der Waals surface area (Å²) in [5, 5.41) is 5.69. The van der Waals surface area contributed by atoms with Crippen LogP contribution in [0.5, 0.6) is 11.5 Å². The summed E-state index contributed by atoms with van der Waals surface area (Å²) >= 11 is 0. The average molecular weight is 366 g/mol. The molecule has 8 heteroatoms. The number of rotatable bonds is 4. The standard InChI is InChI=1S/C19H15FN4O3/c20-12-2-1-3-13(8-12)23-18-10-15(21-11-22-18)19(25)24-14-4-5-16-17(9-14)27-7-6-26-16/h1-5,8-11H,6-7H2,(H,24,25)(H,21,22,23). The zero-order chi connectivity index (χ0) is 18.6. The molecule has 0 unspecified atom stereocenters. The van der Waals surface area contributed by atoms with Crippen LogP contribution in [-0.4, -0.2) is 29.1 Å². The highest BCUT2D eigenvalue weighted by atomic mass is 19.1. The Kier molecular flexibility index (Phi) is 4.52. The number of carbonyl (C=O) groups is 1. The van der Waals surface area contributed by atoms with Crippen molar-refractivity contribution in [3.05, 3.63) is 66.4 Å². The Balaban J connectivity index is 1.49. The number of hydrogen-bond acceptors (Lipinski definition) is 6. The highest BCUT2D eigenvalue weighted by Crippen LogP contribution is 2.32. The van der Waals surface area contributed by atoms with Crippen LogP contribution >= 0.6 is 0 Å². The highest BCUT2D eigenvalue weighted by Gasteiger charge is 2.14. The van der Waals surface area contributed by atoms with Crippen molar-refractivity contribution in [2.75, 3.05) is 23.8 Å². The lowest BCUT2D eigenvalue weighted by Gasteiger charge is -2.19. The van der Waals surface area contributed by atoms with Gasteiger partial charge in [-0.15, -0.1) is 0 Å². The number of benzene rings is 2. The molecule has 1 amide bonds. The van der Waals surface area contributed by atoms with Crippen LogP contribution in [0.2, 0.25) is 0 Å². The molecule has 2 aromatic carbocycles. The molecule has 1 aliphatic heterocycles. The third-order valence-corrected chi connectivity index (χ3v) is 3.80. The van der Waals surface area contributed by atoms with E-state index in [0.717, 1.165) is 0 Å². The molecule has 0 aliphatic carbocycles. The molecule has 0 saturated heterocycles. The summed E-state index contributed by atoms with van der Waals surface area (Å²) in [5.74, 6) is 0.822. The van der Waals surface area contributed by atoms with Crippen LogP contribution in [0, 0.1) is 5.82 Å². The van der Waals surface area contributed by atoms with Crippen LogP contribution in [0.3, 0.4) is 0 Å². The zero-order valence-electron chi connectivity index (χ0n) is 14.1. The fourth-order valence-corrected chi connectivity index (χ4v) is 2.58. The van der Waals surface area contributed by atoms with E-state index in [1.807, 2.05) is 0 Å². The molecule has 4 rings (SSSR count). The van der Waals surface area contributed by atoms with Crippen molar-refractivity contribution < 1.29 is 18.7 Å². The molecule has 0 radical (unpaired) electrons. The minimum absolute atomic E-state index is 0.166. The van der Waals surface area contributed by atoms with Crippen molar-refractivity contribution >= 4 is 23.1 Å². The van der Waals surface area contributed by atoms with Crippen molar-refractivity contribution in [3.8, 4) is 11.5 Å². The number of amides is 1. The molecule has 7 nitrogen and oxygen atoms in total. The molecular formula is C19H15FN4O3. The Bertz CT molecular complexity index is 996. The maximum Gasteiger partial charge on any atom is 0.274 e.